The fourth-order valence-electron chi connectivity index (χ4n) is 3.81. The third-order valence-electron chi connectivity index (χ3n) is 5.41. The van der Waals surface area contributed by atoms with E-state index < -0.39 is 0 Å². The quantitative estimate of drug-likeness (QED) is 0.864. The highest BCUT2D eigenvalue weighted by Crippen LogP contribution is 2.29. The van der Waals surface area contributed by atoms with Crippen LogP contribution in [-0.4, -0.2) is 86.6 Å². The molecule has 25 heavy (non-hydrogen) atoms. The molecule has 0 aromatic heterocycles. The maximum atomic E-state index is 12.7. The van der Waals surface area contributed by atoms with Crippen LogP contribution < -0.4 is 10.5 Å². The van der Waals surface area contributed by atoms with Crippen LogP contribution in [0.25, 0.3) is 0 Å². The first-order chi connectivity index (χ1) is 12.1. The summed E-state index contributed by atoms with van der Waals surface area (Å²) in [4.78, 5) is 19.3. The van der Waals surface area contributed by atoms with E-state index in [2.05, 4.69) is 22.9 Å². The van der Waals surface area contributed by atoms with Crippen molar-refractivity contribution in [3.63, 3.8) is 0 Å². The monoisotopic (exact) mass is 346 g/mol. The summed E-state index contributed by atoms with van der Waals surface area (Å²) in [6.07, 6.45) is 1.12. The molecule has 2 N–H and O–H groups in total. The summed E-state index contributed by atoms with van der Waals surface area (Å²) >= 11 is 0. The first-order valence-electron chi connectivity index (χ1n) is 9.15. The second kappa shape index (κ2) is 8.17. The Kier molecular flexibility index (Phi) is 5.93. The Morgan fingerprint density at radius 3 is 2.88 bits per heavy atom. The van der Waals surface area contributed by atoms with Crippen LogP contribution in [0.15, 0.2) is 24.3 Å². The molecular weight excluding hydrogens is 316 g/mol. The molecule has 0 bridgehead atoms. The molecule has 0 aliphatic carbocycles. The predicted molar refractivity (Wildman–Crippen MR) is 98.8 cm³/mol. The van der Waals surface area contributed by atoms with Crippen molar-refractivity contribution in [1.82, 2.24) is 14.7 Å². The van der Waals surface area contributed by atoms with Gasteiger partial charge in [0.15, 0.2) is 0 Å². The van der Waals surface area contributed by atoms with Gasteiger partial charge >= 0.3 is 0 Å². The molecule has 2 fully saturated rings. The normalized spacial score (nSPS) is 25.8. The van der Waals surface area contributed by atoms with Gasteiger partial charge < -0.3 is 20.3 Å². The van der Waals surface area contributed by atoms with Crippen LogP contribution >= 0.6 is 0 Å². The van der Waals surface area contributed by atoms with Crippen molar-refractivity contribution in [2.24, 2.45) is 5.73 Å². The SMILES string of the molecule is COc1cccc([C@H]2CN(C(=O)CN3CCCN(C)CC3)C[C@@H]2N)c1. The third-order valence-corrected chi connectivity index (χ3v) is 5.41. The lowest BCUT2D eigenvalue weighted by Gasteiger charge is -2.23. The molecule has 2 aliphatic rings. The van der Waals surface area contributed by atoms with E-state index in [4.69, 9.17) is 10.5 Å². The summed E-state index contributed by atoms with van der Waals surface area (Å²) in [5.74, 6) is 1.21. The minimum atomic E-state index is -0.0219. The molecule has 0 unspecified atom stereocenters. The van der Waals surface area contributed by atoms with Gasteiger partial charge in [-0.3, -0.25) is 9.69 Å². The number of rotatable bonds is 4. The molecule has 2 saturated heterocycles. The Morgan fingerprint density at radius 2 is 2.08 bits per heavy atom. The number of nitrogens with zero attached hydrogens (tertiary/aromatic N) is 3. The van der Waals surface area contributed by atoms with E-state index >= 15 is 0 Å². The highest BCUT2D eigenvalue weighted by atomic mass is 16.5. The van der Waals surface area contributed by atoms with Gasteiger partial charge in [0.05, 0.1) is 13.7 Å². The first kappa shape index (κ1) is 18.2. The highest BCUT2D eigenvalue weighted by molar-refractivity contribution is 5.79. The molecule has 1 aromatic carbocycles. The molecule has 0 radical (unpaired) electrons. The van der Waals surface area contributed by atoms with Gasteiger partial charge in [0.2, 0.25) is 5.91 Å². The Balaban J connectivity index is 1.59. The molecule has 2 atom stereocenters. The number of likely N-dealkylation sites (tertiary alicyclic amines) is 1. The molecule has 0 spiro atoms. The van der Waals surface area contributed by atoms with Crippen molar-refractivity contribution >= 4 is 5.91 Å². The van der Waals surface area contributed by atoms with Gasteiger partial charge in [-0.25, -0.2) is 0 Å². The van der Waals surface area contributed by atoms with Crippen molar-refractivity contribution < 1.29 is 9.53 Å². The van der Waals surface area contributed by atoms with Crippen molar-refractivity contribution in [1.29, 1.82) is 0 Å². The average Bonchev–Trinajstić information content (AvgIpc) is 2.89. The smallest absolute Gasteiger partial charge is 0.236 e. The number of benzene rings is 1. The number of methoxy groups -OCH3 is 1. The minimum Gasteiger partial charge on any atom is -0.497 e. The number of likely N-dealkylation sites (N-methyl/N-ethyl adjacent to an activating group) is 1. The van der Waals surface area contributed by atoms with Crippen LogP contribution in [0.5, 0.6) is 5.75 Å². The van der Waals surface area contributed by atoms with Crippen molar-refractivity contribution in [3.05, 3.63) is 29.8 Å². The molecule has 6 heteroatoms. The number of carbonyl (C=O) groups excluding carboxylic acids is 1. The summed E-state index contributed by atoms with van der Waals surface area (Å²) in [6, 6.07) is 8.00. The van der Waals surface area contributed by atoms with Crippen LogP contribution in [0.3, 0.4) is 0 Å². The zero-order valence-corrected chi connectivity index (χ0v) is 15.4. The Morgan fingerprint density at radius 1 is 1.24 bits per heavy atom. The summed E-state index contributed by atoms with van der Waals surface area (Å²) < 4.78 is 5.31. The van der Waals surface area contributed by atoms with Crippen LogP contribution in [0.2, 0.25) is 0 Å². The number of nitrogens with two attached hydrogens (primary N) is 1. The van der Waals surface area contributed by atoms with Gasteiger partial charge in [0.25, 0.3) is 0 Å². The van der Waals surface area contributed by atoms with Crippen molar-refractivity contribution in [3.8, 4) is 5.75 Å². The van der Waals surface area contributed by atoms with E-state index in [-0.39, 0.29) is 17.9 Å². The fraction of sp³-hybridized carbons (Fsp3) is 0.632. The summed E-state index contributed by atoms with van der Waals surface area (Å²) in [7, 11) is 3.81. The van der Waals surface area contributed by atoms with Gasteiger partial charge in [-0.05, 0) is 44.3 Å². The van der Waals surface area contributed by atoms with E-state index in [0.29, 0.717) is 19.6 Å². The third kappa shape index (κ3) is 4.51. The lowest BCUT2D eigenvalue weighted by atomic mass is 9.95. The molecule has 138 valence electrons. The Hall–Kier alpha value is -1.63. The van der Waals surface area contributed by atoms with E-state index in [1.54, 1.807) is 7.11 Å². The van der Waals surface area contributed by atoms with E-state index in [9.17, 15) is 4.79 Å². The Labute approximate surface area is 150 Å². The molecule has 1 amide bonds. The predicted octanol–water partition coefficient (Wildman–Crippen LogP) is 0.586. The van der Waals surface area contributed by atoms with Crippen LogP contribution in [0, 0.1) is 0 Å². The summed E-state index contributed by atoms with van der Waals surface area (Å²) in [6.45, 7) is 5.92. The molecule has 1 aromatic rings. The van der Waals surface area contributed by atoms with E-state index in [1.807, 2.05) is 23.1 Å². The fourth-order valence-corrected chi connectivity index (χ4v) is 3.81. The average molecular weight is 346 g/mol. The maximum Gasteiger partial charge on any atom is 0.236 e. The molecule has 2 heterocycles. The number of amides is 1. The van der Waals surface area contributed by atoms with Gasteiger partial charge in [-0.2, -0.15) is 0 Å². The van der Waals surface area contributed by atoms with Crippen molar-refractivity contribution in [2.75, 3.05) is 60.0 Å². The molecule has 0 saturated carbocycles. The summed E-state index contributed by atoms with van der Waals surface area (Å²) in [5, 5.41) is 0. The lowest BCUT2D eigenvalue weighted by Crippen LogP contribution is -2.41. The maximum absolute atomic E-state index is 12.7. The first-order valence-corrected chi connectivity index (χ1v) is 9.15. The second-order valence-electron chi connectivity index (χ2n) is 7.28. The van der Waals surface area contributed by atoms with Gasteiger partial charge in [0.1, 0.15) is 5.75 Å². The van der Waals surface area contributed by atoms with E-state index in [1.165, 1.54) is 0 Å². The van der Waals surface area contributed by atoms with Gasteiger partial charge in [-0.15, -0.1) is 0 Å². The number of hydrogen-bond acceptors (Lipinski definition) is 5. The van der Waals surface area contributed by atoms with Gasteiger partial charge in [0, 0.05) is 38.1 Å². The minimum absolute atomic E-state index is 0.0219. The lowest BCUT2D eigenvalue weighted by molar-refractivity contribution is -0.131. The Bertz CT molecular complexity index is 595. The second-order valence-corrected chi connectivity index (χ2v) is 7.28. The number of hydrogen-bond donors (Lipinski definition) is 1. The molecule has 2 aliphatic heterocycles. The topological polar surface area (TPSA) is 62.0 Å². The summed E-state index contributed by atoms with van der Waals surface area (Å²) in [5.41, 5.74) is 7.50. The zero-order valence-electron chi connectivity index (χ0n) is 15.4. The van der Waals surface area contributed by atoms with Crippen molar-refractivity contribution in [2.45, 2.75) is 18.4 Å². The molecular formula is C19H30N4O2. The molecule has 6 nitrogen and oxygen atoms in total. The standard InChI is InChI=1S/C19H30N4O2/c1-21-7-4-8-22(10-9-21)14-19(24)23-12-17(18(20)13-23)15-5-3-6-16(11-15)25-2/h3,5-6,11,17-18H,4,7-10,12-14,20H2,1-2H3/t17-,18+/m1/s1. The van der Waals surface area contributed by atoms with Crippen LogP contribution in [-0.2, 0) is 4.79 Å². The van der Waals surface area contributed by atoms with Gasteiger partial charge in [-0.1, -0.05) is 12.1 Å². The number of ether oxygens (including phenoxy) is 1. The highest BCUT2D eigenvalue weighted by Gasteiger charge is 2.34. The number of carbonyl (C=O) groups is 1. The zero-order chi connectivity index (χ0) is 17.8. The van der Waals surface area contributed by atoms with E-state index in [0.717, 1.165) is 43.9 Å². The van der Waals surface area contributed by atoms with Crippen LogP contribution in [0.4, 0.5) is 0 Å². The largest absolute Gasteiger partial charge is 0.497 e. The van der Waals surface area contributed by atoms with Crippen LogP contribution in [0.1, 0.15) is 17.9 Å². The molecule has 3 rings (SSSR count).